The fourth-order valence-electron chi connectivity index (χ4n) is 2.20. The number of hydrogen-bond donors (Lipinski definition) is 1. The summed E-state index contributed by atoms with van der Waals surface area (Å²) in [6, 6.07) is 10.9. The molecule has 0 aliphatic rings. The summed E-state index contributed by atoms with van der Waals surface area (Å²) in [6.45, 7) is 1.75. The Hall–Kier alpha value is -2.78. The van der Waals surface area contributed by atoms with Crippen molar-refractivity contribution in [2.24, 2.45) is 0 Å². The second-order valence-electron chi connectivity index (χ2n) is 5.50. The number of aromatic nitrogens is 2. The molecule has 0 aliphatic heterocycles. The Morgan fingerprint density at radius 1 is 1.19 bits per heavy atom. The molecule has 1 N–H and O–H groups in total. The Labute approximate surface area is 149 Å². The lowest BCUT2D eigenvalue weighted by Gasteiger charge is -2.06. The van der Waals surface area contributed by atoms with Gasteiger partial charge < -0.3 is 9.26 Å². The van der Waals surface area contributed by atoms with Gasteiger partial charge in [-0.25, -0.2) is 17.5 Å². The van der Waals surface area contributed by atoms with E-state index in [0.717, 1.165) is 17.2 Å². The molecule has 0 spiro atoms. The highest BCUT2D eigenvalue weighted by Gasteiger charge is 2.18. The normalized spacial score (nSPS) is 11.5. The molecular formula is C17H16FN3O4S. The van der Waals surface area contributed by atoms with Crippen LogP contribution in [-0.2, 0) is 16.6 Å². The molecule has 0 fully saturated rings. The van der Waals surface area contributed by atoms with Crippen molar-refractivity contribution in [3.8, 4) is 17.1 Å². The molecule has 3 aromatic rings. The van der Waals surface area contributed by atoms with Gasteiger partial charge in [0.1, 0.15) is 0 Å². The SMILES string of the molecule is COc1ccc(S(=O)(=O)NCc2nc(-c3ccc(C)cc3)no2)cc1F. The zero-order valence-corrected chi connectivity index (χ0v) is 14.9. The summed E-state index contributed by atoms with van der Waals surface area (Å²) in [6.07, 6.45) is 0. The number of benzene rings is 2. The summed E-state index contributed by atoms with van der Waals surface area (Å²) >= 11 is 0. The number of nitrogens with zero attached hydrogens (tertiary/aromatic N) is 2. The minimum absolute atomic E-state index is 0.0383. The molecule has 136 valence electrons. The van der Waals surface area contributed by atoms with E-state index in [1.165, 1.54) is 19.2 Å². The highest BCUT2D eigenvalue weighted by Crippen LogP contribution is 2.21. The second-order valence-corrected chi connectivity index (χ2v) is 7.27. The molecule has 1 aromatic heterocycles. The Kier molecular flexibility index (Phi) is 5.01. The van der Waals surface area contributed by atoms with Crippen LogP contribution < -0.4 is 9.46 Å². The quantitative estimate of drug-likeness (QED) is 0.710. The van der Waals surface area contributed by atoms with E-state index in [1.54, 1.807) is 0 Å². The molecule has 2 aromatic carbocycles. The molecular weight excluding hydrogens is 361 g/mol. The van der Waals surface area contributed by atoms with E-state index in [1.807, 2.05) is 31.2 Å². The van der Waals surface area contributed by atoms with Crippen LogP contribution in [0.1, 0.15) is 11.5 Å². The van der Waals surface area contributed by atoms with Gasteiger partial charge in [0, 0.05) is 5.56 Å². The molecule has 0 bridgehead atoms. The number of aryl methyl sites for hydroxylation is 1. The van der Waals surface area contributed by atoms with Crippen molar-refractivity contribution in [3.05, 3.63) is 59.7 Å². The van der Waals surface area contributed by atoms with Gasteiger partial charge >= 0.3 is 0 Å². The third-order valence-corrected chi connectivity index (χ3v) is 5.02. The van der Waals surface area contributed by atoms with Gasteiger partial charge in [-0.2, -0.15) is 4.98 Å². The van der Waals surface area contributed by atoms with E-state index in [2.05, 4.69) is 14.9 Å². The summed E-state index contributed by atoms with van der Waals surface area (Å²) in [5.41, 5.74) is 1.85. The minimum atomic E-state index is -3.94. The fourth-order valence-corrected chi connectivity index (χ4v) is 3.19. The molecule has 0 saturated heterocycles. The number of rotatable bonds is 6. The third-order valence-electron chi connectivity index (χ3n) is 3.62. The van der Waals surface area contributed by atoms with Crippen LogP contribution in [0.2, 0.25) is 0 Å². The third kappa shape index (κ3) is 3.89. The molecule has 26 heavy (non-hydrogen) atoms. The maximum atomic E-state index is 13.7. The average molecular weight is 377 g/mol. The van der Waals surface area contributed by atoms with E-state index < -0.39 is 15.8 Å². The molecule has 0 unspecified atom stereocenters. The van der Waals surface area contributed by atoms with Gasteiger partial charge in [-0.05, 0) is 25.1 Å². The molecule has 0 saturated carbocycles. The summed E-state index contributed by atoms with van der Waals surface area (Å²) in [5.74, 6) is -0.355. The van der Waals surface area contributed by atoms with Crippen LogP contribution in [0.25, 0.3) is 11.4 Å². The number of sulfonamides is 1. The molecule has 9 heteroatoms. The molecule has 3 rings (SSSR count). The summed E-state index contributed by atoms with van der Waals surface area (Å²) in [4.78, 5) is 3.93. The highest BCUT2D eigenvalue weighted by molar-refractivity contribution is 7.89. The van der Waals surface area contributed by atoms with Crippen LogP contribution in [0, 0.1) is 12.7 Å². The molecule has 0 aliphatic carbocycles. The van der Waals surface area contributed by atoms with E-state index in [-0.39, 0.29) is 23.1 Å². The van der Waals surface area contributed by atoms with Crippen LogP contribution in [-0.4, -0.2) is 25.7 Å². The van der Waals surface area contributed by atoms with Crippen LogP contribution in [0.5, 0.6) is 5.75 Å². The van der Waals surface area contributed by atoms with Crippen LogP contribution in [0.3, 0.4) is 0 Å². The van der Waals surface area contributed by atoms with Crippen LogP contribution in [0.4, 0.5) is 4.39 Å². The largest absolute Gasteiger partial charge is 0.494 e. The number of ether oxygens (including phenoxy) is 1. The lowest BCUT2D eigenvalue weighted by Crippen LogP contribution is -2.23. The lowest BCUT2D eigenvalue weighted by atomic mass is 10.1. The second kappa shape index (κ2) is 7.22. The molecule has 0 amide bonds. The Bertz CT molecular complexity index is 1020. The first kappa shape index (κ1) is 18.0. The van der Waals surface area contributed by atoms with E-state index >= 15 is 0 Å². The number of methoxy groups -OCH3 is 1. The summed E-state index contributed by atoms with van der Waals surface area (Å²) in [7, 11) is -2.64. The van der Waals surface area contributed by atoms with Gasteiger partial charge in [0.25, 0.3) is 0 Å². The van der Waals surface area contributed by atoms with Crippen molar-refractivity contribution in [2.45, 2.75) is 18.4 Å². The van der Waals surface area contributed by atoms with E-state index in [4.69, 9.17) is 9.26 Å². The Morgan fingerprint density at radius 3 is 2.58 bits per heavy atom. The smallest absolute Gasteiger partial charge is 0.242 e. The lowest BCUT2D eigenvalue weighted by molar-refractivity contribution is 0.375. The van der Waals surface area contributed by atoms with Crippen molar-refractivity contribution >= 4 is 10.0 Å². The monoisotopic (exact) mass is 377 g/mol. The first-order valence-electron chi connectivity index (χ1n) is 7.62. The zero-order valence-electron chi connectivity index (χ0n) is 14.1. The van der Waals surface area contributed by atoms with E-state index in [9.17, 15) is 12.8 Å². The minimum Gasteiger partial charge on any atom is -0.494 e. The molecule has 1 heterocycles. The Morgan fingerprint density at radius 2 is 1.92 bits per heavy atom. The van der Waals surface area contributed by atoms with Crippen molar-refractivity contribution < 1.29 is 22.1 Å². The number of hydrogen-bond acceptors (Lipinski definition) is 6. The van der Waals surface area contributed by atoms with Gasteiger partial charge in [-0.1, -0.05) is 35.0 Å². The predicted molar refractivity (Wildman–Crippen MR) is 91.4 cm³/mol. The fraction of sp³-hybridized carbons (Fsp3) is 0.176. The summed E-state index contributed by atoms with van der Waals surface area (Å²) < 4.78 is 50.4. The van der Waals surface area contributed by atoms with Crippen molar-refractivity contribution in [2.75, 3.05) is 7.11 Å². The van der Waals surface area contributed by atoms with Gasteiger partial charge in [0.15, 0.2) is 11.6 Å². The standard InChI is InChI=1S/C17H16FN3O4S/c1-11-3-5-12(6-4-11)17-20-16(25-21-17)10-19-26(22,23)13-7-8-15(24-2)14(18)9-13/h3-9,19H,10H2,1-2H3. The highest BCUT2D eigenvalue weighted by atomic mass is 32.2. The average Bonchev–Trinajstić information content (AvgIpc) is 3.10. The van der Waals surface area contributed by atoms with Crippen molar-refractivity contribution in [1.82, 2.24) is 14.9 Å². The maximum absolute atomic E-state index is 13.7. The van der Waals surface area contributed by atoms with Gasteiger partial charge in [-0.15, -0.1) is 0 Å². The van der Waals surface area contributed by atoms with Crippen LogP contribution >= 0.6 is 0 Å². The molecule has 0 radical (unpaired) electrons. The number of nitrogens with one attached hydrogen (secondary N) is 1. The first-order chi connectivity index (χ1) is 12.4. The summed E-state index contributed by atoms with van der Waals surface area (Å²) in [5, 5.41) is 3.83. The molecule has 0 atom stereocenters. The maximum Gasteiger partial charge on any atom is 0.242 e. The molecule has 7 nitrogen and oxygen atoms in total. The van der Waals surface area contributed by atoms with Gasteiger partial charge in [0.2, 0.25) is 21.7 Å². The van der Waals surface area contributed by atoms with E-state index in [0.29, 0.717) is 5.82 Å². The van der Waals surface area contributed by atoms with Crippen molar-refractivity contribution in [3.63, 3.8) is 0 Å². The zero-order chi connectivity index (χ0) is 18.7. The number of halogens is 1. The topological polar surface area (TPSA) is 94.3 Å². The van der Waals surface area contributed by atoms with Crippen LogP contribution in [0.15, 0.2) is 51.9 Å². The first-order valence-corrected chi connectivity index (χ1v) is 9.10. The van der Waals surface area contributed by atoms with Crippen molar-refractivity contribution in [1.29, 1.82) is 0 Å². The predicted octanol–water partition coefficient (Wildman–Crippen LogP) is 2.67. The van der Waals surface area contributed by atoms with Gasteiger partial charge in [0.05, 0.1) is 18.6 Å². The van der Waals surface area contributed by atoms with Gasteiger partial charge in [-0.3, -0.25) is 0 Å². The Balaban J connectivity index is 1.72.